The molecule has 4 nitrogen and oxygen atoms in total. The third kappa shape index (κ3) is 16.2. The van der Waals surface area contributed by atoms with Crippen LogP contribution in [0.1, 0.15) is 64.9 Å². The molecule has 0 aromatic carbocycles. The van der Waals surface area contributed by atoms with Crippen molar-refractivity contribution in [3.8, 4) is 0 Å². The first-order chi connectivity index (χ1) is 15.6. The summed E-state index contributed by atoms with van der Waals surface area (Å²) in [7, 11) is 0. The van der Waals surface area contributed by atoms with Gasteiger partial charge in [-0.1, -0.05) is 12.8 Å². The Morgan fingerprint density at radius 2 is 1.39 bits per heavy atom. The Kier molecular flexibility index (Phi) is 22.3. The summed E-state index contributed by atoms with van der Waals surface area (Å²) in [6, 6.07) is 3.10. The van der Waals surface area contributed by atoms with Gasteiger partial charge in [0.25, 0.3) is 0 Å². The Morgan fingerprint density at radius 1 is 0.879 bits per heavy atom. The van der Waals surface area contributed by atoms with Crippen molar-refractivity contribution in [2.24, 2.45) is 0 Å². The van der Waals surface area contributed by atoms with Crippen molar-refractivity contribution in [1.29, 1.82) is 0 Å². The van der Waals surface area contributed by atoms with E-state index >= 15 is 0 Å². The molecule has 3 rings (SSSR count). The molecule has 0 amide bonds. The van der Waals surface area contributed by atoms with E-state index in [-0.39, 0.29) is 22.9 Å². The molecule has 2 saturated carbocycles. The monoisotopic (exact) mass is 598 g/mol. The summed E-state index contributed by atoms with van der Waals surface area (Å²) in [5, 5.41) is 10.3. The second-order valence-corrected chi connectivity index (χ2v) is 16.3. The number of pyridine rings is 1. The van der Waals surface area contributed by atoms with Gasteiger partial charge in [0.05, 0.1) is 0 Å². The molecule has 2 aliphatic rings. The zero-order valence-electron chi connectivity index (χ0n) is 20.3. The number of nitro groups is 1. The van der Waals surface area contributed by atoms with Crippen LogP contribution in [0.15, 0.2) is 18.3 Å². The molecule has 10 radical (unpaired) electrons. The first-order valence-corrected chi connectivity index (χ1v) is 17.9. The van der Waals surface area contributed by atoms with Crippen LogP contribution in [0.3, 0.4) is 0 Å². The zero-order chi connectivity index (χ0) is 23.4. The largest absolute Gasteiger partial charge is 2.00 e. The summed E-state index contributed by atoms with van der Waals surface area (Å²) in [4.78, 5) is 13.6. The van der Waals surface area contributed by atoms with Gasteiger partial charge in [0, 0.05) is 17.5 Å². The van der Waals surface area contributed by atoms with Crippen LogP contribution >= 0.6 is 0 Å². The van der Waals surface area contributed by atoms with Crippen LogP contribution in [0.5, 0.6) is 0 Å². The molecule has 6 heteroatoms. The van der Waals surface area contributed by atoms with Crippen LogP contribution in [0.25, 0.3) is 0 Å². The van der Waals surface area contributed by atoms with Gasteiger partial charge in [-0.25, -0.2) is 12.8 Å². The number of hydrogen-bond donors (Lipinski definition) is 0. The van der Waals surface area contributed by atoms with Gasteiger partial charge in [-0.05, 0) is 41.7 Å². The maximum atomic E-state index is 10.3. The van der Waals surface area contributed by atoms with E-state index < -0.39 is 24.7 Å². The average molecular weight is 597 g/mol. The van der Waals surface area contributed by atoms with Crippen LogP contribution in [-0.2, 0) is 17.1 Å². The van der Waals surface area contributed by atoms with Gasteiger partial charge in [-0.2, -0.15) is 0 Å². The fourth-order valence-electron chi connectivity index (χ4n) is 3.16. The van der Waals surface area contributed by atoms with E-state index in [1.165, 1.54) is 50.8 Å². The molecule has 2 aliphatic carbocycles. The zero-order valence-corrected chi connectivity index (χ0v) is 24.2. The normalized spacial score (nSPS) is 15.0. The fourth-order valence-corrected chi connectivity index (χ4v) is 12.6. The maximum Gasteiger partial charge on any atom is 2.00 e. The summed E-state index contributed by atoms with van der Waals surface area (Å²) in [5.74, 6) is 0.896. The van der Waals surface area contributed by atoms with Crippen molar-refractivity contribution in [3.63, 3.8) is 0 Å². The van der Waals surface area contributed by atoms with Gasteiger partial charge in [-0.3, -0.25) is 0 Å². The van der Waals surface area contributed by atoms with E-state index in [1.807, 2.05) is 51.4 Å². The second-order valence-electron chi connectivity index (χ2n) is 7.78. The SMILES string of the molecule is CCC[CH2][Sn+]([CH2]CCC)[CH2]CCC.O=[N+]([O-])c1ccc([C]2[CH][CH][CH][CH]2)cn1.[C-]1[CH][CH][CH][CH]1.[Fe+2]. The molecule has 0 atom stereocenters. The number of hydrogen-bond acceptors (Lipinski definition) is 3. The minimum Gasteiger partial charge on any atom is -0.474 e. The predicted octanol–water partition coefficient (Wildman–Crippen LogP) is 7.52. The first kappa shape index (κ1) is 32.9. The molecule has 0 aliphatic heterocycles. The number of nitrogens with zero attached hydrogens (tertiary/aromatic N) is 2. The van der Waals surface area contributed by atoms with Crippen LogP contribution < -0.4 is 0 Å². The van der Waals surface area contributed by atoms with Crippen molar-refractivity contribution >= 4 is 25.6 Å². The maximum absolute atomic E-state index is 10.3. The summed E-state index contributed by atoms with van der Waals surface area (Å²) >= 11 is -0.839. The predicted molar refractivity (Wildman–Crippen MR) is 136 cm³/mol. The molecule has 0 bridgehead atoms. The smallest absolute Gasteiger partial charge is 0.474 e. The van der Waals surface area contributed by atoms with E-state index in [4.69, 9.17) is 0 Å². The molecule has 0 spiro atoms. The Labute approximate surface area is 221 Å². The van der Waals surface area contributed by atoms with Crippen molar-refractivity contribution in [3.05, 3.63) is 97.7 Å². The van der Waals surface area contributed by atoms with Gasteiger partial charge >= 0.3 is 115 Å². The van der Waals surface area contributed by atoms with Crippen LogP contribution in [0.4, 0.5) is 5.82 Å². The van der Waals surface area contributed by atoms with Crippen molar-refractivity contribution in [2.45, 2.75) is 72.6 Å². The summed E-state index contributed by atoms with van der Waals surface area (Å²) in [5.41, 5.74) is 0.889. The van der Waals surface area contributed by atoms with Crippen molar-refractivity contribution in [2.75, 3.05) is 0 Å². The summed E-state index contributed by atoms with van der Waals surface area (Å²) in [6.07, 6.45) is 28.5. The van der Waals surface area contributed by atoms with Gasteiger partial charge in [0.15, 0.2) is 0 Å². The molecule has 33 heavy (non-hydrogen) atoms. The summed E-state index contributed by atoms with van der Waals surface area (Å²) < 4.78 is 5.04. The van der Waals surface area contributed by atoms with Crippen molar-refractivity contribution < 1.29 is 22.0 Å². The molecule has 0 unspecified atom stereocenters. The molecule has 1 aromatic rings. The van der Waals surface area contributed by atoms with Crippen molar-refractivity contribution in [1.82, 2.24) is 4.98 Å². The molecule has 1 heterocycles. The third-order valence-corrected chi connectivity index (χ3v) is 14.2. The minimum absolute atomic E-state index is 0. The fraction of sp³-hybridized carbons (Fsp3) is 0.444. The van der Waals surface area contributed by atoms with Gasteiger partial charge in [0.2, 0.25) is 0 Å². The van der Waals surface area contributed by atoms with Gasteiger partial charge in [0.1, 0.15) is 6.20 Å². The molecule has 1 aromatic heterocycles. The van der Waals surface area contributed by atoms with Crippen LogP contribution in [-0.4, -0.2) is 29.7 Å². The second kappa shape index (κ2) is 22.3. The minimum atomic E-state index is -0.839. The number of aromatic nitrogens is 1. The topological polar surface area (TPSA) is 56.0 Å². The molecule has 2 fully saturated rings. The average Bonchev–Trinajstić information content (AvgIpc) is 3.56. The molecule has 0 saturated heterocycles. The van der Waals surface area contributed by atoms with Crippen LogP contribution in [0, 0.1) is 73.8 Å². The Morgan fingerprint density at radius 3 is 1.73 bits per heavy atom. The van der Waals surface area contributed by atoms with Gasteiger partial charge < -0.3 is 16.5 Å². The molecular formula is C27H38FeN2O2Sn+2. The van der Waals surface area contributed by atoms with E-state index in [2.05, 4.69) is 32.2 Å². The van der Waals surface area contributed by atoms with Crippen LogP contribution in [0.2, 0.25) is 13.3 Å². The van der Waals surface area contributed by atoms with E-state index in [0.29, 0.717) is 0 Å². The Hall–Kier alpha value is -0.132. The van der Waals surface area contributed by atoms with E-state index in [9.17, 15) is 10.1 Å². The first-order valence-electron chi connectivity index (χ1n) is 11.9. The Balaban J connectivity index is 0.000000502. The Bertz CT molecular complexity index is 549. The number of rotatable bonds is 11. The summed E-state index contributed by atoms with van der Waals surface area (Å²) in [6.45, 7) is 7.00. The molecule has 178 valence electrons. The standard InChI is InChI=1S/C10H7N2O2.C5H4.3C4H9.Fe.Sn/c13-12(14)10-6-5-9(7-11-10)8-3-1-2-4-8;1-2-4-5-3-1;3*1-3-4-2;;/h1-7H;1-4H;3*1,3-4H2,2H3;;/q;-1;;;;+2;+1. The quantitative estimate of drug-likeness (QED) is 0.115. The van der Waals surface area contributed by atoms with E-state index in [1.54, 1.807) is 19.4 Å². The number of unbranched alkanes of at least 4 members (excludes halogenated alkanes) is 3. The molecular weight excluding hydrogens is 559 g/mol. The van der Waals surface area contributed by atoms with Gasteiger partial charge in [-0.15, -0.1) is 0 Å². The van der Waals surface area contributed by atoms with E-state index in [0.717, 1.165) is 11.5 Å². The third-order valence-electron chi connectivity index (χ3n) is 5.08. The molecule has 0 N–H and O–H groups in total.